The summed E-state index contributed by atoms with van der Waals surface area (Å²) in [5.41, 5.74) is 0.505. The van der Waals surface area contributed by atoms with Crippen molar-refractivity contribution < 1.29 is 12.8 Å². The molecule has 136 valence electrons. The lowest BCUT2D eigenvalue weighted by atomic mass is 9.99. The fourth-order valence-electron chi connectivity index (χ4n) is 3.18. The molecule has 2 heterocycles. The first-order valence-corrected chi connectivity index (χ1v) is 9.94. The Morgan fingerprint density at radius 3 is 2.60 bits per heavy atom. The van der Waals surface area contributed by atoms with Gasteiger partial charge in [-0.25, -0.2) is 26.6 Å². The van der Waals surface area contributed by atoms with E-state index in [0.29, 0.717) is 18.9 Å². The molecule has 7 nitrogen and oxygen atoms in total. The van der Waals surface area contributed by atoms with Crippen LogP contribution in [0.5, 0.6) is 0 Å². The number of aromatic nitrogens is 3. The molecule has 1 aliphatic rings. The van der Waals surface area contributed by atoms with Gasteiger partial charge >= 0.3 is 5.69 Å². The monoisotopic (exact) mass is 368 g/mol. The summed E-state index contributed by atoms with van der Waals surface area (Å²) in [5.74, 6) is 0.136. The molecule has 1 saturated heterocycles. The summed E-state index contributed by atoms with van der Waals surface area (Å²) in [5, 5.41) is 4.42. The highest BCUT2D eigenvalue weighted by atomic mass is 32.2. The Bertz CT molecular complexity index is 918. The number of halogens is 1. The number of rotatable bonds is 4. The van der Waals surface area contributed by atoms with Gasteiger partial charge in [-0.15, -0.1) is 0 Å². The van der Waals surface area contributed by atoms with Gasteiger partial charge in [-0.3, -0.25) is 4.57 Å². The van der Waals surface area contributed by atoms with E-state index in [2.05, 4.69) is 5.10 Å². The molecule has 25 heavy (non-hydrogen) atoms. The zero-order valence-electron chi connectivity index (χ0n) is 14.2. The van der Waals surface area contributed by atoms with Crippen molar-refractivity contribution in [3.8, 4) is 0 Å². The second kappa shape index (κ2) is 6.72. The van der Waals surface area contributed by atoms with E-state index in [1.807, 2.05) is 0 Å². The third kappa shape index (κ3) is 3.82. The van der Waals surface area contributed by atoms with E-state index < -0.39 is 10.0 Å². The Morgan fingerprint density at radius 2 is 1.96 bits per heavy atom. The summed E-state index contributed by atoms with van der Waals surface area (Å²) in [6.45, 7) is 1.08. The zero-order valence-corrected chi connectivity index (χ0v) is 15.0. The zero-order chi connectivity index (χ0) is 18.2. The summed E-state index contributed by atoms with van der Waals surface area (Å²) < 4.78 is 40.8. The number of nitrogens with zero attached hydrogens (tertiary/aromatic N) is 4. The first-order chi connectivity index (χ1) is 11.8. The molecule has 2 aromatic rings. The van der Waals surface area contributed by atoms with Crippen molar-refractivity contribution in [3.63, 3.8) is 0 Å². The van der Waals surface area contributed by atoms with E-state index in [1.54, 1.807) is 19.2 Å². The molecule has 3 rings (SSSR count). The van der Waals surface area contributed by atoms with Crippen LogP contribution in [0.15, 0.2) is 29.1 Å². The molecule has 0 N–H and O–H groups in total. The van der Waals surface area contributed by atoms with E-state index in [-0.39, 0.29) is 24.0 Å². The smallest absolute Gasteiger partial charge is 0.282 e. The van der Waals surface area contributed by atoms with Crippen LogP contribution >= 0.6 is 0 Å². The molecule has 9 heteroatoms. The number of hydrogen-bond acceptors (Lipinski definition) is 4. The van der Waals surface area contributed by atoms with Gasteiger partial charge in [0.25, 0.3) is 0 Å². The fraction of sp³-hybridized carbons (Fsp3) is 0.500. The lowest BCUT2D eigenvalue weighted by Gasteiger charge is -2.30. The first kappa shape index (κ1) is 17.8. The van der Waals surface area contributed by atoms with Gasteiger partial charge in [-0.1, -0.05) is 12.1 Å². The van der Waals surface area contributed by atoms with Gasteiger partial charge in [-0.05, 0) is 30.5 Å². The minimum atomic E-state index is -3.26. The SMILES string of the molecule is Cn1c(C2CCCN(S(C)(=O)=O)C2)nn(Cc2ccc(F)cc2)c1=O. The number of benzene rings is 1. The van der Waals surface area contributed by atoms with Crippen LogP contribution in [0.3, 0.4) is 0 Å². The maximum absolute atomic E-state index is 13.0. The van der Waals surface area contributed by atoms with E-state index in [0.717, 1.165) is 18.4 Å². The standard InChI is InChI=1S/C16H21FN4O3S/c1-19-15(13-4-3-9-20(11-13)25(2,23)24)18-21(16(19)22)10-12-5-7-14(17)8-6-12/h5-8,13H,3-4,9-11H2,1-2H3. The summed E-state index contributed by atoms with van der Waals surface area (Å²) in [6, 6.07) is 5.91. The predicted molar refractivity (Wildman–Crippen MR) is 91.4 cm³/mol. The molecule has 0 bridgehead atoms. The molecule has 0 amide bonds. The van der Waals surface area contributed by atoms with Gasteiger partial charge in [0, 0.05) is 26.1 Å². The predicted octanol–water partition coefficient (Wildman–Crippen LogP) is 0.908. The first-order valence-electron chi connectivity index (χ1n) is 8.09. The van der Waals surface area contributed by atoms with Crippen LogP contribution in [0.2, 0.25) is 0 Å². The van der Waals surface area contributed by atoms with Gasteiger partial charge in [0.15, 0.2) is 0 Å². The molecular weight excluding hydrogens is 347 g/mol. The Kier molecular flexibility index (Phi) is 4.79. The van der Waals surface area contributed by atoms with Crippen molar-refractivity contribution in [1.82, 2.24) is 18.7 Å². The average molecular weight is 368 g/mol. The maximum Gasteiger partial charge on any atom is 0.345 e. The van der Waals surface area contributed by atoms with E-state index >= 15 is 0 Å². The van der Waals surface area contributed by atoms with Gasteiger partial charge < -0.3 is 0 Å². The Balaban J connectivity index is 1.86. The average Bonchev–Trinajstić information content (AvgIpc) is 2.85. The van der Waals surface area contributed by atoms with Gasteiger partial charge in [0.2, 0.25) is 10.0 Å². The van der Waals surface area contributed by atoms with Crippen molar-refractivity contribution in [3.05, 3.63) is 52.0 Å². The molecular formula is C16H21FN4O3S. The van der Waals surface area contributed by atoms with Gasteiger partial charge in [0.05, 0.1) is 12.8 Å². The normalized spacial score (nSPS) is 19.2. The summed E-state index contributed by atoms with van der Waals surface area (Å²) in [7, 11) is -1.62. The molecule has 0 saturated carbocycles. The highest BCUT2D eigenvalue weighted by Gasteiger charge is 2.30. The van der Waals surface area contributed by atoms with Crippen LogP contribution < -0.4 is 5.69 Å². The van der Waals surface area contributed by atoms with Crippen LogP contribution in [0.4, 0.5) is 4.39 Å². The van der Waals surface area contributed by atoms with E-state index in [1.165, 1.54) is 31.9 Å². The topological polar surface area (TPSA) is 77.2 Å². The third-order valence-corrected chi connectivity index (χ3v) is 5.81. The lowest BCUT2D eigenvalue weighted by molar-refractivity contribution is 0.307. The van der Waals surface area contributed by atoms with Crippen LogP contribution in [0.1, 0.15) is 30.1 Å². The quantitative estimate of drug-likeness (QED) is 0.804. The van der Waals surface area contributed by atoms with Crippen LogP contribution in [-0.4, -0.2) is 46.4 Å². The summed E-state index contributed by atoms with van der Waals surface area (Å²) in [4.78, 5) is 12.4. The number of piperidine rings is 1. The van der Waals surface area contributed by atoms with Crippen molar-refractivity contribution in [2.75, 3.05) is 19.3 Å². The summed E-state index contributed by atoms with van der Waals surface area (Å²) in [6.07, 6.45) is 2.71. The minimum absolute atomic E-state index is 0.115. The fourth-order valence-corrected chi connectivity index (χ4v) is 4.09. The molecule has 1 aliphatic heterocycles. The van der Waals surface area contributed by atoms with Crippen molar-refractivity contribution in [2.45, 2.75) is 25.3 Å². The molecule has 1 aromatic heterocycles. The molecule has 0 aliphatic carbocycles. The molecule has 0 spiro atoms. The maximum atomic E-state index is 13.0. The summed E-state index contributed by atoms with van der Waals surface area (Å²) >= 11 is 0. The van der Waals surface area contributed by atoms with Crippen LogP contribution in [-0.2, 0) is 23.6 Å². The van der Waals surface area contributed by atoms with Crippen LogP contribution in [0.25, 0.3) is 0 Å². The molecule has 1 aromatic carbocycles. The molecule has 1 unspecified atom stereocenters. The van der Waals surface area contributed by atoms with Crippen molar-refractivity contribution in [1.29, 1.82) is 0 Å². The Labute approximate surface area is 145 Å². The highest BCUT2D eigenvalue weighted by molar-refractivity contribution is 7.88. The second-order valence-corrected chi connectivity index (χ2v) is 8.43. The molecule has 1 fully saturated rings. The van der Waals surface area contributed by atoms with E-state index in [4.69, 9.17) is 0 Å². The van der Waals surface area contributed by atoms with Crippen molar-refractivity contribution >= 4 is 10.0 Å². The van der Waals surface area contributed by atoms with Gasteiger partial charge in [-0.2, -0.15) is 5.10 Å². The van der Waals surface area contributed by atoms with Crippen LogP contribution in [0, 0.1) is 5.82 Å². The minimum Gasteiger partial charge on any atom is -0.282 e. The lowest BCUT2D eigenvalue weighted by Crippen LogP contribution is -2.39. The molecule has 0 radical (unpaired) electrons. The highest BCUT2D eigenvalue weighted by Crippen LogP contribution is 2.26. The molecule has 1 atom stereocenters. The number of hydrogen-bond donors (Lipinski definition) is 0. The second-order valence-electron chi connectivity index (χ2n) is 6.44. The largest absolute Gasteiger partial charge is 0.345 e. The Morgan fingerprint density at radius 1 is 1.28 bits per heavy atom. The Hall–Kier alpha value is -2.00. The number of sulfonamides is 1. The van der Waals surface area contributed by atoms with E-state index in [9.17, 15) is 17.6 Å². The van der Waals surface area contributed by atoms with Crippen molar-refractivity contribution in [2.24, 2.45) is 7.05 Å². The van der Waals surface area contributed by atoms with Gasteiger partial charge in [0.1, 0.15) is 11.6 Å². The third-order valence-electron chi connectivity index (χ3n) is 4.54.